The molecule has 1 aromatic heterocycles. The maximum absolute atomic E-state index is 6.19. The van der Waals surface area contributed by atoms with Crippen LogP contribution in [-0.4, -0.2) is 6.54 Å². The van der Waals surface area contributed by atoms with Gasteiger partial charge in [-0.1, -0.05) is 34.5 Å². The number of rotatable bonds is 5. The average molecular weight is 438 g/mol. The summed E-state index contributed by atoms with van der Waals surface area (Å²) in [5.74, 6) is 0. The Labute approximate surface area is 146 Å². The van der Waals surface area contributed by atoms with E-state index in [-0.39, 0.29) is 6.04 Å². The van der Waals surface area contributed by atoms with Crippen LogP contribution in [-0.2, 0) is 0 Å². The lowest BCUT2D eigenvalue weighted by Gasteiger charge is -2.18. The molecule has 0 saturated heterocycles. The predicted molar refractivity (Wildman–Crippen MR) is 96.0 cm³/mol. The van der Waals surface area contributed by atoms with Gasteiger partial charge in [-0.15, -0.1) is 11.3 Å². The topological polar surface area (TPSA) is 12.0 Å². The third-order valence-electron chi connectivity index (χ3n) is 2.98. The van der Waals surface area contributed by atoms with Crippen molar-refractivity contribution in [3.63, 3.8) is 0 Å². The van der Waals surface area contributed by atoms with E-state index in [1.807, 2.05) is 12.1 Å². The molecule has 108 valence electrons. The Morgan fingerprint density at radius 3 is 2.55 bits per heavy atom. The van der Waals surface area contributed by atoms with E-state index in [9.17, 15) is 0 Å². The molecule has 1 heterocycles. The predicted octanol–water partition coefficient (Wildman–Crippen LogP) is 6.32. The molecule has 1 unspecified atom stereocenters. The van der Waals surface area contributed by atoms with Crippen LogP contribution in [0.2, 0.25) is 5.02 Å². The number of thiophene rings is 1. The molecule has 1 aromatic carbocycles. The first-order valence-corrected chi connectivity index (χ1v) is 9.24. The van der Waals surface area contributed by atoms with Gasteiger partial charge in [-0.05, 0) is 71.2 Å². The van der Waals surface area contributed by atoms with E-state index in [4.69, 9.17) is 11.6 Å². The molecule has 0 bridgehead atoms. The van der Waals surface area contributed by atoms with Gasteiger partial charge in [0.25, 0.3) is 0 Å². The fourth-order valence-electron chi connectivity index (χ4n) is 2.04. The van der Waals surface area contributed by atoms with Gasteiger partial charge in [-0.2, -0.15) is 0 Å². The van der Waals surface area contributed by atoms with Gasteiger partial charge in [0.1, 0.15) is 0 Å². The maximum Gasteiger partial charge on any atom is 0.0731 e. The molecule has 2 rings (SSSR count). The van der Waals surface area contributed by atoms with E-state index in [0.717, 1.165) is 22.5 Å². The highest BCUT2D eigenvalue weighted by Gasteiger charge is 2.17. The summed E-state index contributed by atoms with van der Waals surface area (Å²) in [7, 11) is 0. The van der Waals surface area contributed by atoms with Crippen LogP contribution >= 0.6 is 54.8 Å². The molecule has 0 aliphatic heterocycles. The van der Waals surface area contributed by atoms with Crippen LogP contribution in [0.5, 0.6) is 0 Å². The second-order valence-corrected chi connectivity index (χ2v) is 8.45. The number of hydrogen-bond acceptors (Lipinski definition) is 2. The van der Waals surface area contributed by atoms with E-state index in [0.29, 0.717) is 0 Å². The average Bonchev–Trinajstić information content (AvgIpc) is 2.69. The van der Waals surface area contributed by atoms with Gasteiger partial charge in [0, 0.05) is 14.4 Å². The number of nitrogens with one attached hydrogen (secondary N) is 1. The van der Waals surface area contributed by atoms with Gasteiger partial charge in [-0.25, -0.2) is 0 Å². The second-order valence-electron chi connectivity index (χ2n) is 4.70. The summed E-state index contributed by atoms with van der Waals surface area (Å²) in [5.41, 5.74) is 2.46. The summed E-state index contributed by atoms with van der Waals surface area (Å²) in [4.78, 5) is 1.30. The third-order valence-corrected chi connectivity index (χ3v) is 5.85. The molecule has 0 saturated carbocycles. The molecule has 0 radical (unpaired) electrons. The summed E-state index contributed by atoms with van der Waals surface area (Å²) in [5, 5.41) is 4.36. The molecule has 1 nitrogen and oxygen atoms in total. The van der Waals surface area contributed by atoms with E-state index in [1.165, 1.54) is 19.8 Å². The molecule has 0 fully saturated rings. The second kappa shape index (κ2) is 7.41. The number of halogens is 3. The smallest absolute Gasteiger partial charge is 0.0731 e. The Morgan fingerprint density at radius 1 is 1.25 bits per heavy atom. The fraction of sp³-hybridized carbons (Fsp3) is 0.333. The number of hydrogen-bond donors (Lipinski definition) is 1. The van der Waals surface area contributed by atoms with Crippen molar-refractivity contribution >= 4 is 54.8 Å². The quantitative estimate of drug-likeness (QED) is 0.577. The van der Waals surface area contributed by atoms with Crippen molar-refractivity contribution < 1.29 is 0 Å². The monoisotopic (exact) mass is 435 g/mol. The standard InChI is InChI=1S/C15H16Br2ClNS/c1-3-4-19-14(13-5-9(2)15(17)20-13)10-6-11(16)8-12(18)7-10/h5-8,14,19H,3-4H2,1-2H3. The van der Waals surface area contributed by atoms with Crippen LogP contribution in [0.3, 0.4) is 0 Å². The molecule has 0 spiro atoms. The van der Waals surface area contributed by atoms with E-state index < -0.39 is 0 Å². The molecule has 20 heavy (non-hydrogen) atoms. The maximum atomic E-state index is 6.19. The molecule has 1 N–H and O–H groups in total. The van der Waals surface area contributed by atoms with Gasteiger partial charge in [0.2, 0.25) is 0 Å². The molecular formula is C15H16Br2ClNS. The van der Waals surface area contributed by atoms with Crippen molar-refractivity contribution in [2.45, 2.75) is 26.3 Å². The Morgan fingerprint density at radius 2 is 2.00 bits per heavy atom. The van der Waals surface area contributed by atoms with E-state index >= 15 is 0 Å². The lowest BCUT2D eigenvalue weighted by Crippen LogP contribution is -2.22. The van der Waals surface area contributed by atoms with Crippen LogP contribution in [0, 0.1) is 6.92 Å². The molecule has 0 aliphatic carbocycles. The van der Waals surface area contributed by atoms with Gasteiger partial charge >= 0.3 is 0 Å². The summed E-state index contributed by atoms with van der Waals surface area (Å²) < 4.78 is 2.20. The fourth-order valence-corrected chi connectivity index (χ4v) is 4.60. The highest BCUT2D eigenvalue weighted by molar-refractivity contribution is 9.11. The molecule has 2 aromatic rings. The van der Waals surface area contributed by atoms with Crippen molar-refractivity contribution in [1.29, 1.82) is 0 Å². The number of aryl methyl sites for hydroxylation is 1. The first-order chi connectivity index (χ1) is 9.51. The minimum absolute atomic E-state index is 0.181. The third kappa shape index (κ3) is 4.08. The zero-order chi connectivity index (χ0) is 14.7. The summed E-state index contributed by atoms with van der Waals surface area (Å²) in [6, 6.07) is 8.49. The number of benzene rings is 1. The molecule has 1 atom stereocenters. The van der Waals surface area contributed by atoms with E-state index in [2.05, 4.69) is 63.2 Å². The Balaban J connectivity index is 2.40. The van der Waals surface area contributed by atoms with Crippen LogP contribution < -0.4 is 5.32 Å². The van der Waals surface area contributed by atoms with E-state index in [1.54, 1.807) is 11.3 Å². The lowest BCUT2D eigenvalue weighted by molar-refractivity contribution is 0.605. The molecule has 5 heteroatoms. The van der Waals surface area contributed by atoms with Gasteiger partial charge in [-0.3, -0.25) is 0 Å². The van der Waals surface area contributed by atoms with Crippen molar-refractivity contribution in [3.8, 4) is 0 Å². The lowest BCUT2D eigenvalue weighted by atomic mass is 10.0. The summed E-state index contributed by atoms with van der Waals surface area (Å²) >= 11 is 15.1. The van der Waals surface area contributed by atoms with Crippen molar-refractivity contribution in [3.05, 3.63) is 53.6 Å². The Kier molecular flexibility index (Phi) is 6.11. The summed E-state index contributed by atoms with van der Waals surface area (Å²) in [6.45, 7) is 5.27. The van der Waals surface area contributed by atoms with Crippen LogP contribution in [0.4, 0.5) is 0 Å². The van der Waals surface area contributed by atoms with Crippen LogP contribution in [0.25, 0.3) is 0 Å². The Bertz CT molecular complexity index is 558. The Hall–Kier alpha value is 0.130. The highest BCUT2D eigenvalue weighted by Crippen LogP contribution is 2.36. The minimum atomic E-state index is 0.181. The van der Waals surface area contributed by atoms with Crippen LogP contribution in [0.15, 0.2) is 32.5 Å². The first kappa shape index (κ1) is 16.5. The SMILES string of the molecule is CCCNC(c1cc(Cl)cc(Br)c1)c1cc(C)c(Br)s1. The van der Waals surface area contributed by atoms with Crippen molar-refractivity contribution in [1.82, 2.24) is 5.32 Å². The van der Waals surface area contributed by atoms with Gasteiger partial charge in [0.05, 0.1) is 9.83 Å². The van der Waals surface area contributed by atoms with Gasteiger partial charge in [0.15, 0.2) is 0 Å². The molecule has 0 amide bonds. The largest absolute Gasteiger partial charge is 0.306 e. The first-order valence-electron chi connectivity index (χ1n) is 6.46. The zero-order valence-electron chi connectivity index (χ0n) is 11.3. The van der Waals surface area contributed by atoms with Gasteiger partial charge < -0.3 is 5.32 Å². The van der Waals surface area contributed by atoms with Crippen molar-refractivity contribution in [2.75, 3.05) is 6.54 Å². The zero-order valence-corrected chi connectivity index (χ0v) is 16.1. The minimum Gasteiger partial charge on any atom is -0.306 e. The molecule has 0 aliphatic rings. The van der Waals surface area contributed by atoms with Crippen LogP contribution in [0.1, 0.15) is 35.4 Å². The normalized spacial score (nSPS) is 12.7. The molecular weight excluding hydrogens is 422 g/mol. The highest BCUT2D eigenvalue weighted by atomic mass is 79.9. The summed E-state index contributed by atoms with van der Waals surface area (Å²) in [6.07, 6.45) is 1.10. The van der Waals surface area contributed by atoms with Crippen molar-refractivity contribution in [2.24, 2.45) is 0 Å².